The van der Waals surface area contributed by atoms with Gasteiger partial charge in [0.1, 0.15) is 17.4 Å². The highest BCUT2D eigenvalue weighted by atomic mass is 35.5. The Bertz CT molecular complexity index is 962. The van der Waals surface area contributed by atoms with Crippen LogP contribution in [0.5, 0.6) is 0 Å². The first-order valence-corrected chi connectivity index (χ1v) is 12.7. The van der Waals surface area contributed by atoms with Gasteiger partial charge in [-0.2, -0.15) is 0 Å². The van der Waals surface area contributed by atoms with Crippen LogP contribution >= 0.6 is 11.6 Å². The minimum Gasteiger partial charge on any atom is -0.491 e. The van der Waals surface area contributed by atoms with Gasteiger partial charge in [-0.05, 0) is 75.8 Å². The molecule has 0 atom stereocenters. The molecular formula is C28H40ClN3O. The molecule has 3 rings (SSSR count). The van der Waals surface area contributed by atoms with E-state index >= 15 is 0 Å². The Morgan fingerprint density at radius 3 is 2.42 bits per heavy atom. The van der Waals surface area contributed by atoms with E-state index in [-0.39, 0.29) is 6.10 Å². The van der Waals surface area contributed by atoms with Crippen molar-refractivity contribution >= 4 is 11.6 Å². The van der Waals surface area contributed by atoms with E-state index in [1.807, 2.05) is 32.1 Å². The van der Waals surface area contributed by atoms with E-state index < -0.39 is 0 Å². The molecule has 2 aromatic rings. The maximum atomic E-state index is 6.25. The molecule has 4 nitrogen and oxygen atoms in total. The maximum absolute atomic E-state index is 6.25. The third-order valence-electron chi connectivity index (χ3n) is 5.80. The maximum Gasteiger partial charge on any atom is 0.140 e. The summed E-state index contributed by atoms with van der Waals surface area (Å²) in [5.41, 5.74) is 3.63. The highest BCUT2D eigenvalue weighted by Gasteiger charge is 2.29. The van der Waals surface area contributed by atoms with Gasteiger partial charge in [-0.3, -0.25) is 4.57 Å². The molecule has 1 aromatic carbocycles. The lowest BCUT2D eigenvalue weighted by Crippen LogP contribution is -2.22. The molecule has 180 valence electrons. The second-order valence-electron chi connectivity index (χ2n) is 8.45. The monoisotopic (exact) mass is 469 g/mol. The third kappa shape index (κ3) is 7.33. The van der Waals surface area contributed by atoms with Gasteiger partial charge in [-0.1, -0.05) is 63.6 Å². The van der Waals surface area contributed by atoms with E-state index in [9.17, 15) is 0 Å². The number of aromatic nitrogens is 3. The molecule has 5 heteroatoms. The first kappa shape index (κ1) is 26.9. The lowest BCUT2D eigenvalue weighted by atomic mass is 9.86. The highest BCUT2D eigenvalue weighted by molar-refractivity contribution is 6.30. The molecule has 1 fully saturated rings. The van der Waals surface area contributed by atoms with Gasteiger partial charge >= 0.3 is 0 Å². The lowest BCUT2D eigenvalue weighted by molar-refractivity contribution is 0.0840. The van der Waals surface area contributed by atoms with Gasteiger partial charge in [0.25, 0.3) is 0 Å². The Balaban J connectivity index is 0.00000187. The van der Waals surface area contributed by atoms with E-state index in [1.165, 1.54) is 11.1 Å². The van der Waals surface area contributed by atoms with E-state index in [4.69, 9.17) is 16.3 Å². The molecule has 0 spiro atoms. The number of aryl methyl sites for hydroxylation is 2. The molecule has 1 saturated carbocycles. The zero-order chi connectivity index (χ0) is 24.4. The van der Waals surface area contributed by atoms with Crippen molar-refractivity contribution in [2.24, 2.45) is 0 Å². The zero-order valence-corrected chi connectivity index (χ0v) is 22.0. The van der Waals surface area contributed by atoms with Gasteiger partial charge in [-0.15, -0.1) is 10.2 Å². The number of benzene rings is 1. The minimum absolute atomic E-state index is 0.212. The molecule has 1 aliphatic rings. The molecule has 33 heavy (non-hydrogen) atoms. The molecule has 0 N–H and O–H groups in total. The largest absolute Gasteiger partial charge is 0.491 e. The van der Waals surface area contributed by atoms with E-state index in [0.29, 0.717) is 5.92 Å². The van der Waals surface area contributed by atoms with Gasteiger partial charge in [0.15, 0.2) is 0 Å². The average molecular weight is 470 g/mol. The number of allylic oxidation sites excluding steroid dienone is 4. The van der Waals surface area contributed by atoms with Crippen LogP contribution in [0.25, 0.3) is 5.69 Å². The van der Waals surface area contributed by atoms with Crippen molar-refractivity contribution in [3.63, 3.8) is 0 Å². The van der Waals surface area contributed by atoms with Gasteiger partial charge < -0.3 is 4.74 Å². The van der Waals surface area contributed by atoms with E-state index in [0.717, 1.165) is 66.6 Å². The normalized spacial score (nSPS) is 17.9. The standard InChI is InChI=1S/C26H34ClN3O.C2H6/c1-6-20-17-22(27)13-16-24(20)30-25(7-2)28-29-26(30)21-11-14-23(15-12-21)31-19(5)10-8-9-18(3)4;1-2/h8-10,13,16-17,21,23H,5-7,11-12,14-15H2,1-4H3;1-2H3/b10-8-;. The number of hydrogen-bond acceptors (Lipinski definition) is 3. The summed E-state index contributed by atoms with van der Waals surface area (Å²) in [5, 5.41) is 9.92. The third-order valence-corrected chi connectivity index (χ3v) is 6.04. The number of halogens is 1. The Labute approximate surface area is 205 Å². The van der Waals surface area contributed by atoms with Crippen molar-refractivity contribution in [1.29, 1.82) is 0 Å². The summed E-state index contributed by atoms with van der Waals surface area (Å²) in [4.78, 5) is 0. The first-order valence-electron chi connectivity index (χ1n) is 12.3. The SMILES string of the molecule is C=C(/C=C\C=C(C)C)OC1CCC(c2nnc(CC)n2-c2ccc(Cl)cc2CC)CC1.CC. The fourth-order valence-electron chi connectivity index (χ4n) is 4.18. The highest BCUT2D eigenvalue weighted by Crippen LogP contribution is 2.36. The van der Waals surface area contributed by atoms with Crippen molar-refractivity contribution in [2.45, 2.75) is 92.1 Å². The van der Waals surface area contributed by atoms with Crippen molar-refractivity contribution in [1.82, 2.24) is 14.8 Å². The second kappa shape index (κ2) is 13.4. The molecule has 0 unspecified atom stereocenters. The van der Waals surface area contributed by atoms with E-state index in [2.05, 4.69) is 67.2 Å². The number of nitrogens with zero attached hydrogens (tertiary/aromatic N) is 3. The van der Waals surface area contributed by atoms with Crippen LogP contribution < -0.4 is 0 Å². The summed E-state index contributed by atoms with van der Waals surface area (Å²) in [7, 11) is 0. The Morgan fingerprint density at radius 1 is 1.12 bits per heavy atom. The predicted octanol–water partition coefficient (Wildman–Crippen LogP) is 8.15. The lowest BCUT2D eigenvalue weighted by Gasteiger charge is -2.29. The van der Waals surface area contributed by atoms with Crippen LogP contribution in [-0.4, -0.2) is 20.9 Å². The molecule has 0 aliphatic heterocycles. The van der Waals surface area contributed by atoms with Crippen LogP contribution in [0.15, 0.2) is 54.3 Å². The molecule has 1 aliphatic carbocycles. The Hall–Kier alpha value is -2.33. The quantitative estimate of drug-likeness (QED) is 0.289. The molecular weight excluding hydrogens is 430 g/mol. The first-order chi connectivity index (χ1) is 15.9. The summed E-state index contributed by atoms with van der Waals surface area (Å²) < 4.78 is 8.35. The van der Waals surface area contributed by atoms with Gasteiger partial charge in [0.2, 0.25) is 0 Å². The van der Waals surface area contributed by atoms with Crippen molar-refractivity contribution in [3.05, 3.63) is 76.6 Å². The van der Waals surface area contributed by atoms with E-state index in [1.54, 1.807) is 0 Å². The van der Waals surface area contributed by atoms with Crippen LogP contribution in [0.4, 0.5) is 0 Å². The van der Waals surface area contributed by atoms with Gasteiger partial charge in [0.05, 0.1) is 11.8 Å². The predicted molar refractivity (Wildman–Crippen MR) is 140 cm³/mol. The summed E-state index contributed by atoms with van der Waals surface area (Å²) in [5.74, 6) is 3.17. The number of hydrogen-bond donors (Lipinski definition) is 0. The van der Waals surface area contributed by atoms with Gasteiger partial charge in [-0.25, -0.2) is 0 Å². The molecule has 1 aromatic heterocycles. The summed E-state index contributed by atoms with van der Waals surface area (Å²) in [6.45, 7) is 16.5. The Morgan fingerprint density at radius 2 is 1.82 bits per heavy atom. The number of ether oxygens (including phenoxy) is 1. The average Bonchev–Trinajstić information content (AvgIpc) is 3.24. The second-order valence-corrected chi connectivity index (χ2v) is 8.89. The van der Waals surface area contributed by atoms with Crippen LogP contribution in [0.3, 0.4) is 0 Å². The van der Waals surface area contributed by atoms with Crippen LogP contribution in [0, 0.1) is 0 Å². The van der Waals surface area contributed by atoms with Crippen LogP contribution in [0.2, 0.25) is 5.02 Å². The van der Waals surface area contributed by atoms with Crippen molar-refractivity contribution < 1.29 is 4.74 Å². The number of rotatable bonds is 8. The smallest absolute Gasteiger partial charge is 0.140 e. The zero-order valence-electron chi connectivity index (χ0n) is 21.2. The molecule has 1 heterocycles. The van der Waals surface area contributed by atoms with Crippen molar-refractivity contribution in [3.8, 4) is 5.69 Å². The molecule has 0 radical (unpaired) electrons. The summed E-state index contributed by atoms with van der Waals surface area (Å²) in [6.07, 6.45) is 12.0. The topological polar surface area (TPSA) is 39.9 Å². The van der Waals surface area contributed by atoms with Crippen LogP contribution in [-0.2, 0) is 17.6 Å². The summed E-state index contributed by atoms with van der Waals surface area (Å²) in [6, 6.07) is 6.11. The molecule has 0 amide bonds. The fraction of sp³-hybridized carbons (Fsp3) is 0.500. The fourth-order valence-corrected chi connectivity index (χ4v) is 4.38. The van der Waals surface area contributed by atoms with Crippen LogP contribution in [0.1, 0.15) is 90.4 Å². The minimum atomic E-state index is 0.212. The van der Waals surface area contributed by atoms with Gasteiger partial charge in [0, 0.05) is 17.4 Å². The van der Waals surface area contributed by atoms with Crippen molar-refractivity contribution in [2.75, 3.05) is 0 Å². The summed E-state index contributed by atoms with van der Waals surface area (Å²) >= 11 is 6.25. The molecule has 0 bridgehead atoms. The Kier molecular flexibility index (Phi) is 10.9. The molecule has 0 saturated heterocycles.